The average Bonchev–Trinajstić information content (AvgIpc) is 3.14. The standard InChI is InChI=1S/C35H44O14/c1-33(17-36,18-37)31(42)48-21-35(22-49-32(43)34(2,19-38)20-39,29(40)13-9-23-7-11-25(44-3)27(15-23)46-5)30(41)14-10-24-8-12-26(45-4)28(16-24)47-6/h7-16,36-39H,17-22H2,1-6H3/b13-9+,14-10+. The van der Waals surface area contributed by atoms with Gasteiger partial charge in [0.1, 0.15) is 24.0 Å². The van der Waals surface area contributed by atoms with E-state index in [2.05, 4.69) is 0 Å². The van der Waals surface area contributed by atoms with E-state index in [0.717, 1.165) is 12.2 Å². The Kier molecular flexibility index (Phi) is 15.0. The van der Waals surface area contributed by atoms with Gasteiger partial charge >= 0.3 is 11.9 Å². The highest BCUT2D eigenvalue weighted by Gasteiger charge is 2.48. The first-order valence-corrected chi connectivity index (χ1v) is 14.9. The van der Waals surface area contributed by atoms with Crippen LogP contribution in [0.25, 0.3) is 12.2 Å². The molecule has 49 heavy (non-hydrogen) atoms. The second-order valence-corrected chi connectivity index (χ2v) is 11.6. The van der Waals surface area contributed by atoms with Gasteiger partial charge in [0.05, 0.1) is 54.9 Å². The number of aliphatic hydroxyl groups excluding tert-OH is 4. The first-order valence-electron chi connectivity index (χ1n) is 14.9. The molecule has 0 bridgehead atoms. The van der Waals surface area contributed by atoms with Gasteiger partial charge in [-0.2, -0.15) is 0 Å². The normalized spacial score (nSPS) is 12.1. The van der Waals surface area contributed by atoms with Crippen LogP contribution in [0.5, 0.6) is 23.0 Å². The van der Waals surface area contributed by atoms with E-state index in [4.69, 9.17) is 28.4 Å². The number of ether oxygens (including phenoxy) is 6. The molecule has 0 unspecified atom stereocenters. The fraction of sp³-hybridized carbons (Fsp3) is 0.429. The van der Waals surface area contributed by atoms with Gasteiger partial charge in [0, 0.05) is 0 Å². The molecule has 0 radical (unpaired) electrons. The van der Waals surface area contributed by atoms with Crippen LogP contribution in [-0.4, -0.2) is 112 Å². The Morgan fingerprint density at radius 1 is 0.571 bits per heavy atom. The van der Waals surface area contributed by atoms with Crippen molar-refractivity contribution in [3.63, 3.8) is 0 Å². The van der Waals surface area contributed by atoms with E-state index < -0.39 is 79.4 Å². The lowest BCUT2D eigenvalue weighted by Crippen LogP contribution is -2.50. The van der Waals surface area contributed by atoms with Crippen molar-refractivity contribution in [3.05, 3.63) is 59.7 Å². The van der Waals surface area contributed by atoms with E-state index in [1.165, 1.54) is 54.4 Å². The lowest BCUT2D eigenvalue weighted by atomic mass is 9.79. The van der Waals surface area contributed by atoms with Gasteiger partial charge in [0.2, 0.25) is 0 Å². The van der Waals surface area contributed by atoms with Crippen LogP contribution in [0, 0.1) is 16.2 Å². The number of carbonyl (C=O) groups excluding carboxylic acids is 4. The third-order valence-corrected chi connectivity index (χ3v) is 7.89. The molecular weight excluding hydrogens is 644 g/mol. The molecule has 0 aromatic heterocycles. The molecule has 0 heterocycles. The molecule has 0 saturated heterocycles. The zero-order chi connectivity index (χ0) is 36.8. The second kappa shape index (κ2) is 18.1. The van der Waals surface area contributed by atoms with E-state index in [9.17, 15) is 39.6 Å². The molecule has 268 valence electrons. The monoisotopic (exact) mass is 688 g/mol. The Morgan fingerprint density at radius 3 is 1.18 bits per heavy atom. The summed E-state index contributed by atoms with van der Waals surface area (Å²) >= 11 is 0. The number of benzene rings is 2. The molecule has 4 N–H and O–H groups in total. The summed E-state index contributed by atoms with van der Waals surface area (Å²) in [6.07, 6.45) is 4.76. The Morgan fingerprint density at radius 2 is 0.898 bits per heavy atom. The third kappa shape index (κ3) is 9.66. The zero-order valence-corrected chi connectivity index (χ0v) is 28.4. The number of hydrogen-bond donors (Lipinski definition) is 4. The Balaban J connectivity index is 2.72. The maximum absolute atomic E-state index is 14.1. The topological polar surface area (TPSA) is 205 Å². The quantitative estimate of drug-likeness (QED) is 0.0888. The molecule has 14 heteroatoms. The molecule has 0 aliphatic carbocycles. The number of esters is 2. The highest BCUT2D eigenvalue weighted by molar-refractivity contribution is 6.18. The van der Waals surface area contributed by atoms with Crippen LogP contribution in [0.2, 0.25) is 0 Å². The van der Waals surface area contributed by atoms with Gasteiger partial charge in [-0.1, -0.05) is 24.3 Å². The summed E-state index contributed by atoms with van der Waals surface area (Å²) < 4.78 is 31.9. The van der Waals surface area contributed by atoms with Crippen molar-refractivity contribution < 1.29 is 68.0 Å². The predicted octanol–water partition coefficient (Wildman–Crippen LogP) is 1.64. The Hall–Kier alpha value is -4.76. The van der Waals surface area contributed by atoms with Gasteiger partial charge in [-0.05, 0) is 61.4 Å². The summed E-state index contributed by atoms with van der Waals surface area (Å²) in [5, 5.41) is 38.9. The van der Waals surface area contributed by atoms with Crippen molar-refractivity contribution in [2.75, 3.05) is 68.1 Å². The first kappa shape index (κ1) is 40.4. The molecule has 0 amide bonds. The number of aliphatic hydroxyl groups is 4. The highest BCUT2D eigenvalue weighted by atomic mass is 16.6. The number of ketones is 2. The lowest BCUT2D eigenvalue weighted by Gasteiger charge is -2.31. The van der Waals surface area contributed by atoms with Gasteiger partial charge in [0.15, 0.2) is 40.0 Å². The van der Waals surface area contributed by atoms with E-state index in [0.29, 0.717) is 34.1 Å². The van der Waals surface area contributed by atoms with E-state index in [1.54, 1.807) is 36.4 Å². The van der Waals surface area contributed by atoms with E-state index >= 15 is 0 Å². The maximum atomic E-state index is 14.1. The number of methoxy groups -OCH3 is 4. The summed E-state index contributed by atoms with van der Waals surface area (Å²) in [7, 11) is 5.75. The van der Waals surface area contributed by atoms with Gasteiger partial charge in [-0.15, -0.1) is 0 Å². The number of allylic oxidation sites excluding steroid dienone is 2. The van der Waals surface area contributed by atoms with E-state index in [-0.39, 0.29) is 0 Å². The fourth-order valence-corrected chi connectivity index (χ4v) is 4.11. The van der Waals surface area contributed by atoms with Crippen molar-refractivity contribution in [2.24, 2.45) is 16.2 Å². The molecule has 0 aliphatic heterocycles. The number of rotatable bonds is 20. The summed E-state index contributed by atoms with van der Waals surface area (Å²) in [5.41, 5.74) is -5.13. The minimum atomic E-state index is -2.43. The average molecular weight is 689 g/mol. The molecule has 0 aliphatic rings. The molecule has 0 atom stereocenters. The second-order valence-electron chi connectivity index (χ2n) is 11.6. The molecule has 14 nitrogen and oxygen atoms in total. The van der Waals surface area contributed by atoms with Gasteiger partial charge in [-0.25, -0.2) is 0 Å². The minimum absolute atomic E-state index is 0.347. The first-order chi connectivity index (χ1) is 23.3. The highest BCUT2D eigenvalue weighted by Crippen LogP contribution is 2.32. The molecule has 2 aromatic rings. The molecule has 2 aromatic carbocycles. The SMILES string of the molecule is COc1ccc(/C=C/C(=O)C(COC(=O)C(C)(CO)CO)(COC(=O)C(C)(CO)CO)C(=O)/C=C/c2ccc(OC)c(OC)c2)cc1OC. The van der Waals surface area contributed by atoms with Crippen LogP contribution >= 0.6 is 0 Å². The third-order valence-electron chi connectivity index (χ3n) is 7.89. The molecule has 0 fully saturated rings. The smallest absolute Gasteiger partial charge is 0.316 e. The minimum Gasteiger partial charge on any atom is -0.493 e. The van der Waals surface area contributed by atoms with Crippen LogP contribution in [-0.2, 0) is 28.7 Å². The summed E-state index contributed by atoms with van der Waals surface area (Å²) in [6, 6.07) is 9.51. The number of carbonyl (C=O) groups is 4. The van der Waals surface area contributed by atoms with Crippen LogP contribution in [0.15, 0.2) is 48.6 Å². The summed E-state index contributed by atoms with van der Waals surface area (Å²) in [4.78, 5) is 54.3. The maximum Gasteiger partial charge on any atom is 0.316 e. The van der Waals surface area contributed by atoms with Crippen LogP contribution < -0.4 is 18.9 Å². The van der Waals surface area contributed by atoms with Crippen molar-refractivity contribution in [1.29, 1.82) is 0 Å². The molecule has 0 saturated carbocycles. The van der Waals surface area contributed by atoms with Gasteiger partial charge < -0.3 is 48.8 Å². The number of hydrogen-bond acceptors (Lipinski definition) is 14. The van der Waals surface area contributed by atoms with Crippen molar-refractivity contribution in [1.82, 2.24) is 0 Å². The summed E-state index contributed by atoms with van der Waals surface area (Å²) in [5.74, 6) is -2.68. The Bertz CT molecular complexity index is 1400. The van der Waals surface area contributed by atoms with Gasteiger partial charge in [0.25, 0.3) is 0 Å². The van der Waals surface area contributed by atoms with Crippen LogP contribution in [0.4, 0.5) is 0 Å². The van der Waals surface area contributed by atoms with Crippen molar-refractivity contribution >= 4 is 35.7 Å². The lowest BCUT2D eigenvalue weighted by molar-refractivity contribution is -0.172. The molecule has 0 spiro atoms. The molecule has 2 rings (SSSR count). The Labute approximate surface area is 284 Å². The zero-order valence-electron chi connectivity index (χ0n) is 28.4. The fourth-order valence-electron chi connectivity index (χ4n) is 4.11. The van der Waals surface area contributed by atoms with Gasteiger partial charge in [-0.3, -0.25) is 19.2 Å². The summed E-state index contributed by atoms with van der Waals surface area (Å²) in [6.45, 7) is -2.86. The predicted molar refractivity (Wildman–Crippen MR) is 176 cm³/mol. The van der Waals surface area contributed by atoms with Crippen molar-refractivity contribution in [2.45, 2.75) is 13.8 Å². The van der Waals surface area contributed by atoms with Crippen LogP contribution in [0.3, 0.4) is 0 Å². The largest absolute Gasteiger partial charge is 0.493 e. The van der Waals surface area contributed by atoms with E-state index in [1.807, 2.05) is 0 Å². The van der Waals surface area contributed by atoms with Crippen molar-refractivity contribution in [3.8, 4) is 23.0 Å². The van der Waals surface area contributed by atoms with Crippen LogP contribution in [0.1, 0.15) is 25.0 Å². The molecular formula is C35H44O14.